The Morgan fingerprint density at radius 3 is 2.60 bits per heavy atom. The van der Waals surface area contributed by atoms with Crippen molar-refractivity contribution in [2.24, 2.45) is 10.7 Å². The molecule has 1 aromatic rings. The number of piperazine rings is 1. The third-order valence-corrected chi connectivity index (χ3v) is 5.28. The van der Waals surface area contributed by atoms with Gasteiger partial charge >= 0.3 is 0 Å². The van der Waals surface area contributed by atoms with Gasteiger partial charge in [-0.05, 0) is 20.3 Å². The highest BCUT2D eigenvalue weighted by Crippen LogP contribution is 2.17. The minimum atomic E-state index is -0.620. The Kier molecular flexibility index (Phi) is 4.94. The molecule has 0 saturated carbocycles. The molecule has 2 aliphatic rings. The fourth-order valence-corrected chi connectivity index (χ4v) is 3.47. The fourth-order valence-electron chi connectivity index (χ4n) is 3.47. The van der Waals surface area contributed by atoms with Crippen LogP contribution >= 0.6 is 0 Å². The second-order valence-corrected chi connectivity index (χ2v) is 7.09. The molecule has 3 N–H and O–H groups in total. The van der Waals surface area contributed by atoms with Crippen LogP contribution in [0.25, 0.3) is 0 Å². The number of nitrogens with zero attached hydrogens (tertiary/aromatic N) is 6. The number of guanidine groups is 1. The zero-order chi connectivity index (χ0) is 18.0. The van der Waals surface area contributed by atoms with E-state index in [1.807, 2.05) is 13.8 Å². The Hall–Kier alpha value is -2.16. The molecule has 3 heterocycles. The molecular weight excluding hydrogens is 320 g/mol. The number of carbonyl (C=O) groups excluding carboxylic acids is 1. The summed E-state index contributed by atoms with van der Waals surface area (Å²) in [5.74, 6) is 2.60. The first kappa shape index (κ1) is 17.7. The second kappa shape index (κ2) is 6.99. The monoisotopic (exact) mass is 348 g/mol. The first-order chi connectivity index (χ1) is 11.9. The summed E-state index contributed by atoms with van der Waals surface area (Å²) in [5.41, 5.74) is 4.90. The highest BCUT2D eigenvalue weighted by Gasteiger charge is 2.35. The number of nitrogens with one attached hydrogen (secondary N) is 1. The van der Waals surface area contributed by atoms with E-state index in [2.05, 4.69) is 34.9 Å². The number of aliphatic imine (C=N–C) groups is 1. The van der Waals surface area contributed by atoms with Crippen LogP contribution in [0.2, 0.25) is 0 Å². The molecule has 9 heteroatoms. The molecule has 1 fully saturated rings. The maximum atomic E-state index is 11.6. The summed E-state index contributed by atoms with van der Waals surface area (Å²) < 4.78 is 2.19. The van der Waals surface area contributed by atoms with E-state index in [4.69, 9.17) is 5.73 Å². The van der Waals surface area contributed by atoms with E-state index in [0.29, 0.717) is 6.54 Å². The summed E-state index contributed by atoms with van der Waals surface area (Å²) in [5, 5.41) is 11.9. The summed E-state index contributed by atoms with van der Waals surface area (Å²) in [6, 6.07) is 0. The van der Waals surface area contributed by atoms with Crippen molar-refractivity contribution in [3.8, 4) is 0 Å². The molecule has 0 bridgehead atoms. The first-order valence-electron chi connectivity index (χ1n) is 8.85. The topological polar surface area (TPSA) is 105 Å². The number of nitrogens with two attached hydrogens (primary N) is 1. The van der Waals surface area contributed by atoms with Gasteiger partial charge in [0.1, 0.15) is 5.82 Å². The Morgan fingerprint density at radius 2 is 1.96 bits per heavy atom. The van der Waals surface area contributed by atoms with Crippen molar-refractivity contribution in [2.45, 2.75) is 45.3 Å². The lowest BCUT2D eigenvalue weighted by molar-refractivity contribution is -0.129. The Morgan fingerprint density at radius 1 is 1.24 bits per heavy atom. The van der Waals surface area contributed by atoms with Gasteiger partial charge in [-0.15, -0.1) is 10.2 Å². The van der Waals surface area contributed by atoms with E-state index in [1.165, 1.54) is 0 Å². The number of amides is 1. The van der Waals surface area contributed by atoms with Crippen molar-refractivity contribution in [3.63, 3.8) is 0 Å². The van der Waals surface area contributed by atoms with Crippen molar-refractivity contribution in [3.05, 3.63) is 11.6 Å². The summed E-state index contributed by atoms with van der Waals surface area (Å²) in [6.07, 6.45) is 2.16. The second-order valence-electron chi connectivity index (χ2n) is 7.09. The van der Waals surface area contributed by atoms with Gasteiger partial charge in [0.2, 0.25) is 5.91 Å². The minimum absolute atomic E-state index is 0.288. The van der Waals surface area contributed by atoms with Crippen LogP contribution in [0, 0.1) is 0 Å². The summed E-state index contributed by atoms with van der Waals surface area (Å²) in [7, 11) is 1.79. The summed E-state index contributed by atoms with van der Waals surface area (Å²) in [4.78, 5) is 20.4. The van der Waals surface area contributed by atoms with Gasteiger partial charge in [-0.1, -0.05) is 0 Å². The fraction of sp³-hybridized carbons (Fsp3) is 0.750. The molecule has 0 unspecified atom stereocenters. The van der Waals surface area contributed by atoms with Crippen LogP contribution in [-0.4, -0.2) is 75.2 Å². The summed E-state index contributed by atoms with van der Waals surface area (Å²) >= 11 is 0. The van der Waals surface area contributed by atoms with Crippen LogP contribution < -0.4 is 11.1 Å². The molecule has 1 amide bonds. The lowest BCUT2D eigenvalue weighted by Gasteiger charge is -2.43. The third kappa shape index (κ3) is 3.46. The average molecular weight is 348 g/mol. The SMILES string of the molecule is CN=C(NCc1nnc2n1CCC2)N1CCN(C(C)(C)C(N)=O)CC1. The van der Waals surface area contributed by atoms with E-state index in [1.54, 1.807) is 7.05 Å². The van der Waals surface area contributed by atoms with Crippen molar-refractivity contribution in [2.75, 3.05) is 33.2 Å². The van der Waals surface area contributed by atoms with Crippen molar-refractivity contribution in [1.82, 2.24) is 29.9 Å². The maximum absolute atomic E-state index is 11.6. The molecule has 3 rings (SSSR count). The standard InChI is InChI=1S/C16H28N8O/c1-16(2,14(17)25)23-9-7-22(8-10-23)15(18-3)19-11-13-21-20-12-5-4-6-24(12)13/h4-11H2,1-3H3,(H2,17,25)(H,18,19). The Labute approximate surface area is 148 Å². The number of fused-ring (bicyclic) bond motifs is 1. The molecule has 0 aliphatic carbocycles. The molecule has 0 atom stereocenters. The van der Waals surface area contributed by atoms with Crippen LogP contribution in [0.5, 0.6) is 0 Å². The lowest BCUT2D eigenvalue weighted by atomic mass is 10.0. The highest BCUT2D eigenvalue weighted by molar-refractivity contribution is 5.84. The molecule has 25 heavy (non-hydrogen) atoms. The van der Waals surface area contributed by atoms with Crippen molar-refractivity contribution >= 4 is 11.9 Å². The van der Waals surface area contributed by atoms with Crippen LogP contribution in [0.4, 0.5) is 0 Å². The highest BCUT2D eigenvalue weighted by atomic mass is 16.1. The quantitative estimate of drug-likeness (QED) is 0.544. The van der Waals surface area contributed by atoms with Gasteiger partial charge in [-0.3, -0.25) is 14.7 Å². The lowest BCUT2D eigenvalue weighted by Crippen LogP contribution is -2.61. The largest absolute Gasteiger partial charge is 0.368 e. The molecule has 0 radical (unpaired) electrons. The van der Waals surface area contributed by atoms with Crippen molar-refractivity contribution in [1.29, 1.82) is 0 Å². The van der Waals surface area contributed by atoms with Gasteiger partial charge in [0.05, 0.1) is 12.1 Å². The number of hydrogen-bond acceptors (Lipinski definition) is 5. The Balaban J connectivity index is 1.55. The molecule has 2 aliphatic heterocycles. The van der Waals surface area contributed by atoms with E-state index in [0.717, 1.165) is 63.2 Å². The number of aromatic nitrogens is 3. The van der Waals surface area contributed by atoms with E-state index < -0.39 is 5.54 Å². The predicted octanol–water partition coefficient (Wildman–Crippen LogP) is -0.819. The molecule has 0 spiro atoms. The summed E-state index contributed by atoms with van der Waals surface area (Å²) in [6.45, 7) is 8.52. The molecule has 0 aromatic carbocycles. The third-order valence-electron chi connectivity index (χ3n) is 5.28. The van der Waals surface area contributed by atoms with Crippen LogP contribution in [-0.2, 0) is 24.3 Å². The average Bonchev–Trinajstić information content (AvgIpc) is 3.20. The van der Waals surface area contributed by atoms with E-state index in [-0.39, 0.29) is 5.91 Å². The van der Waals surface area contributed by atoms with E-state index >= 15 is 0 Å². The van der Waals surface area contributed by atoms with Crippen LogP contribution in [0.3, 0.4) is 0 Å². The molecular formula is C16H28N8O. The van der Waals surface area contributed by atoms with E-state index in [9.17, 15) is 4.79 Å². The van der Waals surface area contributed by atoms with Gasteiger partial charge in [0, 0.05) is 46.2 Å². The Bertz CT molecular complexity index is 657. The van der Waals surface area contributed by atoms with Gasteiger partial charge < -0.3 is 20.5 Å². The first-order valence-corrected chi connectivity index (χ1v) is 8.85. The van der Waals surface area contributed by atoms with Gasteiger partial charge in [-0.2, -0.15) is 0 Å². The molecule has 1 saturated heterocycles. The van der Waals surface area contributed by atoms with Gasteiger partial charge in [-0.25, -0.2) is 0 Å². The van der Waals surface area contributed by atoms with Gasteiger partial charge in [0.15, 0.2) is 11.8 Å². The normalized spacial score (nSPS) is 19.2. The maximum Gasteiger partial charge on any atom is 0.237 e. The van der Waals surface area contributed by atoms with Gasteiger partial charge in [0.25, 0.3) is 0 Å². The zero-order valence-corrected chi connectivity index (χ0v) is 15.3. The van der Waals surface area contributed by atoms with Crippen molar-refractivity contribution < 1.29 is 4.79 Å². The minimum Gasteiger partial charge on any atom is -0.368 e. The number of carbonyl (C=O) groups is 1. The number of aryl methyl sites for hydroxylation is 1. The van der Waals surface area contributed by atoms with Crippen LogP contribution in [0.15, 0.2) is 4.99 Å². The predicted molar refractivity (Wildman–Crippen MR) is 95.0 cm³/mol. The smallest absolute Gasteiger partial charge is 0.237 e. The number of primary amides is 1. The zero-order valence-electron chi connectivity index (χ0n) is 15.3. The molecule has 138 valence electrons. The van der Waals surface area contributed by atoms with Crippen LogP contribution in [0.1, 0.15) is 31.9 Å². The number of rotatable bonds is 4. The molecule has 9 nitrogen and oxygen atoms in total. The number of hydrogen-bond donors (Lipinski definition) is 2. The molecule has 1 aromatic heterocycles.